The van der Waals surface area contributed by atoms with Gasteiger partial charge in [-0.15, -0.1) is 0 Å². The second-order valence-electron chi connectivity index (χ2n) is 6.57. The molecular weight excluding hydrogens is 252 g/mol. The molecule has 2 fully saturated rings. The Kier molecular flexibility index (Phi) is 2.39. The molecule has 1 aliphatic heterocycles. The maximum atomic E-state index is 12.1. The maximum Gasteiger partial charge on any atom is 0.340 e. The summed E-state index contributed by atoms with van der Waals surface area (Å²) in [6, 6.07) is 8.67. The van der Waals surface area contributed by atoms with Gasteiger partial charge in [0.1, 0.15) is 5.60 Å². The molecule has 3 atom stereocenters. The number of methoxy groups -OCH3 is 1. The Morgan fingerprint density at radius 1 is 1.20 bits per heavy atom. The largest absolute Gasteiger partial charge is 0.467 e. The van der Waals surface area contributed by atoms with Crippen LogP contribution in [0.1, 0.15) is 30.9 Å². The summed E-state index contributed by atoms with van der Waals surface area (Å²) >= 11 is 0. The number of benzene rings is 1. The van der Waals surface area contributed by atoms with Gasteiger partial charge >= 0.3 is 5.97 Å². The summed E-state index contributed by atoms with van der Waals surface area (Å²) in [6.45, 7) is 1.92. The second-order valence-corrected chi connectivity index (χ2v) is 6.57. The topological polar surface area (TPSA) is 38.8 Å². The lowest BCUT2D eigenvalue weighted by molar-refractivity contribution is -0.146. The molecule has 2 aliphatic carbocycles. The summed E-state index contributed by atoms with van der Waals surface area (Å²) < 4.78 is 11.1. The number of hydrogen-bond acceptors (Lipinski definition) is 3. The number of esters is 1. The average molecular weight is 272 g/mol. The molecule has 1 aromatic rings. The third-order valence-electron chi connectivity index (χ3n) is 5.78. The molecule has 1 saturated heterocycles. The van der Waals surface area contributed by atoms with E-state index in [9.17, 15) is 4.79 Å². The highest BCUT2D eigenvalue weighted by molar-refractivity contribution is 5.84. The highest BCUT2D eigenvalue weighted by Crippen LogP contribution is 2.66. The van der Waals surface area contributed by atoms with Crippen LogP contribution in [-0.4, -0.2) is 24.3 Å². The van der Waals surface area contributed by atoms with E-state index in [4.69, 9.17) is 9.47 Å². The highest BCUT2D eigenvalue weighted by atomic mass is 16.7. The van der Waals surface area contributed by atoms with Gasteiger partial charge in [0.2, 0.25) is 0 Å². The van der Waals surface area contributed by atoms with Crippen LogP contribution in [-0.2, 0) is 27.1 Å². The van der Waals surface area contributed by atoms with Crippen molar-refractivity contribution in [3.8, 4) is 0 Å². The number of fused-ring (bicyclic) bond motifs is 1. The SMILES string of the molecule is COC(=O)C1(C)OC12C1CCC2Cc2ccccc2C1. The monoisotopic (exact) mass is 272 g/mol. The van der Waals surface area contributed by atoms with Crippen molar-refractivity contribution >= 4 is 5.97 Å². The molecule has 1 saturated carbocycles. The first kappa shape index (κ1) is 12.4. The molecule has 106 valence electrons. The highest BCUT2D eigenvalue weighted by Gasteiger charge is 2.79. The minimum atomic E-state index is -0.727. The zero-order valence-electron chi connectivity index (χ0n) is 12.0. The summed E-state index contributed by atoms with van der Waals surface area (Å²) in [5.74, 6) is 0.681. The van der Waals surface area contributed by atoms with Gasteiger partial charge < -0.3 is 9.47 Å². The molecule has 3 heteroatoms. The van der Waals surface area contributed by atoms with Crippen LogP contribution in [0.4, 0.5) is 0 Å². The van der Waals surface area contributed by atoms with Crippen LogP contribution >= 0.6 is 0 Å². The molecule has 3 aliphatic rings. The molecule has 0 radical (unpaired) electrons. The number of carbonyl (C=O) groups is 1. The fourth-order valence-electron chi connectivity index (χ4n) is 4.81. The van der Waals surface area contributed by atoms with Gasteiger partial charge in [-0.3, -0.25) is 0 Å². The molecule has 1 aromatic carbocycles. The number of rotatable bonds is 1. The predicted octanol–water partition coefficient (Wildman–Crippen LogP) is 2.51. The van der Waals surface area contributed by atoms with Gasteiger partial charge in [0.05, 0.1) is 7.11 Å². The van der Waals surface area contributed by atoms with E-state index in [1.165, 1.54) is 18.2 Å². The quantitative estimate of drug-likeness (QED) is 0.582. The van der Waals surface area contributed by atoms with Crippen LogP contribution in [0, 0.1) is 11.8 Å². The Labute approximate surface area is 119 Å². The van der Waals surface area contributed by atoms with Crippen LogP contribution in [0.25, 0.3) is 0 Å². The molecule has 0 N–H and O–H groups in total. The fourth-order valence-corrected chi connectivity index (χ4v) is 4.81. The second kappa shape index (κ2) is 3.85. The average Bonchev–Trinajstić information content (AvgIpc) is 2.99. The summed E-state index contributed by atoms with van der Waals surface area (Å²) in [4.78, 5) is 12.1. The van der Waals surface area contributed by atoms with Crippen molar-refractivity contribution in [2.24, 2.45) is 11.8 Å². The minimum absolute atomic E-state index is 0.208. The lowest BCUT2D eigenvalue weighted by Gasteiger charge is -2.21. The van der Waals surface area contributed by atoms with Crippen molar-refractivity contribution in [1.29, 1.82) is 0 Å². The zero-order chi connectivity index (χ0) is 14.0. The van der Waals surface area contributed by atoms with E-state index in [1.54, 1.807) is 0 Å². The van der Waals surface area contributed by atoms with E-state index in [-0.39, 0.29) is 11.6 Å². The Balaban J connectivity index is 1.75. The first-order chi connectivity index (χ1) is 9.62. The van der Waals surface area contributed by atoms with Gasteiger partial charge in [-0.2, -0.15) is 0 Å². The number of ether oxygens (including phenoxy) is 2. The molecular formula is C17H20O3. The van der Waals surface area contributed by atoms with Crippen LogP contribution in [0.5, 0.6) is 0 Å². The van der Waals surface area contributed by atoms with Crippen molar-refractivity contribution < 1.29 is 14.3 Å². The van der Waals surface area contributed by atoms with E-state index in [0.29, 0.717) is 11.8 Å². The van der Waals surface area contributed by atoms with Crippen molar-refractivity contribution in [2.75, 3.05) is 7.11 Å². The van der Waals surface area contributed by atoms with E-state index < -0.39 is 5.60 Å². The van der Waals surface area contributed by atoms with Gasteiger partial charge in [0.15, 0.2) is 5.60 Å². The predicted molar refractivity (Wildman–Crippen MR) is 74.3 cm³/mol. The molecule has 1 heterocycles. The van der Waals surface area contributed by atoms with Gasteiger partial charge in [-0.1, -0.05) is 24.3 Å². The Morgan fingerprint density at radius 2 is 1.75 bits per heavy atom. The van der Waals surface area contributed by atoms with Crippen LogP contribution in [0.3, 0.4) is 0 Å². The summed E-state index contributed by atoms with van der Waals surface area (Å²) in [5.41, 5.74) is 1.86. The van der Waals surface area contributed by atoms with Gasteiger partial charge in [-0.25, -0.2) is 4.79 Å². The van der Waals surface area contributed by atoms with Crippen molar-refractivity contribution in [2.45, 2.75) is 43.8 Å². The summed E-state index contributed by atoms with van der Waals surface area (Å²) in [7, 11) is 1.45. The smallest absolute Gasteiger partial charge is 0.340 e. The zero-order valence-corrected chi connectivity index (χ0v) is 12.0. The summed E-state index contributed by atoms with van der Waals surface area (Å²) in [6.07, 6.45) is 4.37. The molecule has 0 aromatic heterocycles. The molecule has 1 spiro atoms. The van der Waals surface area contributed by atoms with E-state index in [1.807, 2.05) is 6.92 Å². The molecule has 0 amide bonds. The summed E-state index contributed by atoms with van der Waals surface area (Å²) in [5, 5.41) is 0. The Hall–Kier alpha value is -1.35. The minimum Gasteiger partial charge on any atom is -0.467 e. The van der Waals surface area contributed by atoms with Crippen LogP contribution in [0.15, 0.2) is 24.3 Å². The lowest BCUT2D eigenvalue weighted by Crippen LogP contribution is -2.39. The standard InChI is InChI=1S/C17H20O3/c1-16(15(18)19-2)17(20-16)13-7-8-14(17)10-12-6-4-3-5-11(12)9-13/h3-6,13-14H,7-10H2,1-2H3. The third-order valence-corrected chi connectivity index (χ3v) is 5.78. The van der Waals surface area contributed by atoms with E-state index in [2.05, 4.69) is 24.3 Å². The van der Waals surface area contributed by atoms with Crippen molar-refractivity contribution in [3.63, 3.8) is 0 Å². The molecule has 3 unspecified atom stereocenters. The normalized spacial score (nSPS) is 41.1. The first-order valence-electron chi connectivity index (χ1n) is 7.47. The maximum absolute atomic E-state index is 12.1. The number of epoxide rings is 1. The Bertz CT molecular complexity index is 546. The van der Waals surface area contributed by atoms with Crippen molar-refractivity contribution in [1.82, 2.24) is 0 Å². The van der Waals surface area contributed by atoms with Crippen molar-refractivity contribution in [3.05, 3.63) is 35.4 Å². The van der Waals surface area contributed by atoms with Gasteiger partial charge in [0.25, 0.3) is 0 Å². The molecule has 2 bridgehead atoms. The first-order valence-corrected chi connectivity index (χ1v) is 7.47. The molecule has 3 nitrogen and oxygen atoms in total. The number of carbonyl (C=O) groups excluding carboxylic acids is 1. The van der Waals surface area contributed by atoms with E-state index >= 15 is 0 Å². The van der Waals surface area contributed by atoms with E-state index in [0.717, 1.165) is 25.7 Å². The Morgan fingerprint density at radius 3 is 2.25 bits per heavy atom. The molecule has 4 rings (SSSR count). The van der Waals surface area contributed by atoms with Crippen LogP contribution < -0.4 is 0 Å². The molecule has 20 heavy (non-hydrogen) atoms. The third kappa shape index (κ3) is 1.32. The van der Waals surface area contributed by atoms with Crippen LogP contribution in [0.2, 0.25) is 0 Å². The lowest BCUT2D eigenvalue weighted by atomic mass is 9.78. The fraction of sp³-hybridized carbons (Fsp3) is 0.588. The van der Waals surface area contributed by atoms with Gasteiger partial charge in [0, 0.05) is 0 Å². The number of hydrogen-bond donors (Lipinski definition) is 0. The van der Waals surface area contributed by atoms with Gasteiger partial charge in [-0.05, 0) is 55.6 Å².